The molecular weight excluding hydrogens is 296 g/mol. The number of aromatic nitrogens is 2. The van der Waals surface area contributed by atoms with Crippen molar-refractivity contribution in [1.29, 1.82) is 0 Å². The SMILES string of the molecule is CCCNc1ccncc1S(=O)(=O)Nc1nc(C)cs1. The number of rotatable bonds is 6. The maximum atomic E-state index is 12.4. The van der Waals surface area contributed by atoms with Crippen molar-refractivity contribution in [2.24, 2.45) is 0 Å². The molecule has 0 fully saturated rings. The number of aryl methyl sites for hydroxylation is 1. The van der Waals surface area contributed by atoms with Gasteiger partial charge in [0.1, 0.15) is 4.90 Å². The van der Waals surface area contributed by atoms with Gasteiger partial charge in [-0.15, -0.1) is 11.3 Å². The van der Waals surface area contributed by atoms with E-state index >= 15 is 0 Å². The fourth-order valence-corrected chi connectivity index (χ4v) is 3.64. The molecular formula is C12H16N4O2S2. The molecule has 2 aromatic rings. The van der Waals surface area contributed by atoms with Crippen LogP contribution in [-0.2, 0) is 10.0 Å². The summed E-state index contributed by atoms with van der Waals surface area (Å²) in [6, 6.07) is 1.65. The lowest BCUT2D eigenvalue weighted by Crippen LogP contribution is -2.16. The highest BCUT2D eigenvalue weighted by Gasteiger charge is 2.20. The third-order valence-corrected chi connectivity index (χ3v) is 4.85. The Morgan fingerprint density at radius 2 is 2.20 bits per heavy atom. The first-order valence-electron chi connectivity index (χ1n) is 6.16. The van der Waals surface area contributed by atoms with E-state index in [4.69, 9.17) is 0 Å². The Balaban J connectivity index is 2.29. The standard InChI is InChI=1S/C12H16N4O2S2/c1-3-5-14-10-4-6-13-7-11(10)20(17,18)16-12-15-9(2)8-19-12/h4,6-8H,3,5H2,1-2H3,(H,13,14)(H,15,16). The molecule has 6 nitrogen and oxygen atoms in total. The summed E-state index contributed by atoms with van der Waals surface area (Å²) >= 11 is 1.25. The Hall–Kier alpha value is -1.67. The number of anilines is 2. The van der Waals surface area contributed by atoms with Gasteiger partial charge in [0.15, 0.2) is 5.13 Å². The summed E-state index contributed by atoms with van der Waals surface area (Å²) in [7, 11) is -3.69. The van der Waals surface area contributed by atoms with E-state index in [0.29, 0.717) is 17.4 Å². The Morgan fingerprint density at radius 1 is 1.40 bits per heavy atom. The van der Waals surface area contributed by atoms with Crippen molar-refractivity contribution < 1.29 is 8.42 Å². The van der Waals surface area contributed by atoms with Gasteiger partial charge >= 0.3 is 0 Å². The van der Waals surface area contributed by atoms with E-state index in [9.17, 15) is 8.42 Å². The summed E-state index contributed by atoms with van der Waals surface area (Å²) in [5, 5.41) is 5.23. The molecule has 0 aliphatic rings. The molecule has 20 heavy (non-hydrogen) atoms. The first-order valence-corrected chi connectivity index (χ1v) is 8.52. The van der Waals surface area contributed by atoms with Gasteiger partial charge in [-0.2, -0.15) is 0 Å². The number of sulfonamides is 1. The van der Waals surface area contributed by atoms with E-state index in [1.165, 1.54) is 17.5 Å². The molecule has 0 atom stereocenters. The molecule has 0 aliphatic carbocycles. The normalized spacial score (nSPS) is 11.3. The fraction of sp³-hybridized carbons (Fsp3) is 0.333. The van der Waals surface area contributed by atoms with Crippen LogP contribution in [0.2, 0.25) is 0 Å². The highest BCUT2D eigenvalue weighted by atomic mass is 32.2. The fourth-order valence-electron chi connectivity index (χ4n) is 1.57. The highest BCUT2D eigenvalue weighted by molar-refractivity contribution is 7.93. The molecule has 0 saturated carbocycles. The molecule has 108 valence electrons. The van der Waals surface area contributed by atoms with Crippen molar-refractivity contribution in [1.82, 2.24) is 9.97 Å². The predicted octanol–water partition coefficient (Wildman–Crippen LogP) is 2.47. The third-order valence-electron chi connectivity index (χ3n) is 2.48. The van der Waals surface area contributed by atoms with Gasteiger partial charge < -0.3 is 5.32 Å². The number of nitrogens with one attached hydrogen (secondary N) is 2. The molecule has 0 saturated heterocycles. The predicted molar refractivity (Wildman–Crippen MR) is 80.7 cm³/mol. The van der Waals surface area contributed by atoms with Crippen LogP contribution in [0.3, 0.4) is 0 Å². The molecule has 2 heterocycles. The summed E-state index contributed by atoms with van der Waals surface area (Å²) < 4.78 is 27.2. The van der Waals surface area contributed by atoms with Gasteiger partial charge in [-0.25, -0.2) is 13.4 Å². The molecule has 0 amide bonds. The van der Waals surface area contributed by atoms with E-state index in [1.54, 1.807) is 17.6 Å². The molecule has 2 aromatic heterocycles. The van der Waals surface area contributed by atoms with Crippen LogP contribution in [0.15, 0.2) is 28.7 Å². The van der Waals surface area contributed by atoms with Crippen LogP contribution in [0.1, 0.15) is 19.0 Å². The van der Waals surface area contributed by atoms with Crippen molar-refractivity contribution in [2.45, 2.75) is 25.2 Å². The first-order chi connectivity index (χ1) is 9.53. The molecule has 8 heteroatoms. The van der Waals surface area contributed by atoms with Crippen molar-refractivity contribution in [2.75, 3.05) is 16.6 Å². The Bertz CT molecular complexity index is 682. The van der Waals surface area contributed by atoms with Crippen molar-refractivity contribution in [3.63, 3.8) is 0 Å². The molecule has 0 unspecified atom stereocenters. The Morgan fingerprint density at radius 3 is 2.85 bits per heavy atom. The van der Waals surface area contributed by atoms with E-state index in [2.05, 4.69) is 20.0 Å². The van der Waals surface area contributed by atoms with Crippen LogP contribution >= 0.6 is 11.3 Å². The van der Waals surface area contributed by atoms with Gasteiger partial charge in [-0.05, 0) is 19.4 Å². The minimum absolute atomic E-state index is 0.126. The minimum Gasteiger partial charge on any atom is -0.384 e. The van der Waals surface area contributed by atoms with Gasteiger partial charge in [0.25, 0.3) is 10.0 Å². The lowest BCUT2D eigenvalue weighted by atomic mass is 10.4. The van der Waals surface area contributed by atoms with Gasteiger partial charge in [-0.3, -0.25) is 9.71 Å². The van der Waals surface area contributed by atoms with Crippen LogP contribution in [0.4, 0.5) is 10.8 Å². The summed E-state index contributed by atoms with van der Waals surface area (Å²) in [4.78, 5) is 8.12. The number of thiazole rings is 1. The van der Waals surface area contributed by atoms with Gasteiger partial charge in [0, 0.05) is 24.3 Å². The van der Waals surface area contributed by atoms with Crippen molar-refractivity contribution >= 4 is 32.2 Å². The van der Waals surface area contributed by atoms with E-state index in [-0.39, 0.29) is 4.90 Å². The molecule has 2 rings (SSSR count). The average molecular weight is 312 g/mol. The zero-order valence-corrected chi connectivity index (χ0v) is 12.9. The second-order valence-corrected chi connectivity index (χ2v) is 6.71. The smallest absolute Gasteiger partial charge is 0.267 e. The maximum absolute atomic E-state index is 12.4. The number of hydrogen-bond acceptors (Lipinski definition) is 6. The molecule has 0 spiro atoms. The topological polar surface area (TPSA) is 84.0 Å². The van der Waals surface area contributed by atoms with Crippen LogP contribution in [0.25, 0.3) is 0 Å². The molecule has 0 aromatic carbocycles. The van der Waals surface area contributed by atoms with Gasteiger partial charge in [0.05, 0.1) is 11.4 Å². The van der Waals surface area contributed by atoms with E-state index < -0.39 is 10.0 Å². The average Bonchev–Trinajstić information content (AvgIpc) is 2.81. The lowest BCUT2D eigenvalue weighted by molar-refractivity contribution is 0.601. The zero-order chi connectivity index (χ0) is 14.6. The summed E-state index contributed by atoms with van der Waals surface area (Å²) in [6.07, 6.45) is 3.80. The van der Waals surface area contributed by atoms with Gasteiger partial charge in [-0.1, -0.05) is 6.92 Å². The quantitative estimate of drug-likeness (QED) is 0.856. The van der Waals surface area contributed by atoms with E-state index in [0.717, 1.165) is 12.1 Å². The number of nitrogens with zero attached hydrogens (tertiary/aromatic N) is 2. The van der Waals surface area contributed by atoms with Gasteiger partial charge in [0.2, 0.25) is 0 Å². The lowest BCUT2D eigenvalue weighted by Gasteiger charge is -2.11. The van der Waals surface area contributed by atoms with Crippen LogP contribution < -0.4 is 10.0 Å². The second-order valence-electron chi connectivity index (χ2n) is 4.20. The van der Waals surface area contributed by atoms with Crippen molar-refractivity contribution in [3.05, 3.63) is 29.5 Å². The summed E-state index contributed by atoms with van der Waals surface area (Å²) in [5.41, 5.74) is 1.32. The first kappa shape index (κ1) is 14.7. The van der Waals surface area contributed by atoms with Crippen LogP contribution in [0, 0.1) is 6.92 Å². The second kappa shape index (κ2) is 6.19. The Kier molecular flexibility index (Phi) is 4.56. The van der Waals surface area contributed by atoms with Crippen LogP contribution in [0.5, 0.6) is 0 Å². The number of hydrogen-bond donors (Lipinski definition) is 2. The molecule has 0 aliphatic heterocycles. The highest BCUT2D eigenvalue weighted by Crippen LogP contribution is 2.24. The minimum atomic E-state index is -3.69. The van der Waals surface area contributed by atoms with Crippen molar-refractivity contribution in [3.8, 4) is 0 Å². The molecule has 2 N–H and O–H groups in total. The maximum Gasteiger partial charge on any atom is 0.267 e. The largest absolute Gasteiger partial charge is 0.384 e. The summed E-state index contributed by atoms with van der Waals surface area (Å²) in [5.74, 6) is 0. The Labute approximate surface area is 122 Å². The van der Waals surface area contributed by atoms with E-state index in [1.807, 2.05) is 13.8 Å². The summed E-state index contributed by atoms with van der Waals surface area (Å²) in [6.45, 7) is 4.52. The third kappa shape index (κ3) is 3.45. The monoisotopic (exact) mass is 312 g/mol. The zero-order valence-electron chi connectivity index (χ0n) is 11.3. The molecule has 0 radical (unpaired) electrons. The van der Waals surface area contributed by atoms with Crippen LogP contribution in [-0.4, -0.2) is 24.9 Å². The molecule has 0 bridgehead atoms. The number of pyridine rings is 1.